The number of thiazole rings is 1. The fourth-order valence-electron chi connectivity index (χ4n) is 3.00. The van der Waals surface area contributed by atoms with Crippen LogP contribution in [0.1, 0.15) is 36.3 Å². The van der Waals surface area contributed by atoms with Crippen molar-refractivity contribution in [1.82, 2.24) is 15.2 Å². The van der Waals surface area contributed by atoms with E-state index in [0.29, 0.717) is 11.0 Å². The van der Waals surface area contributed by atoms with Crippen LogP contribution in [-0.2, 0) is 4.79 Å². The van der Waals surface area contributed by atoms with Crippen LogP contribution < -0.4 is 10.6 Å². The third kappa shape index (κ3) is 4.45. The first-order valence-electron chi connectivity index (χ1n) is 8.38. The first-order valence-corrected chi connectivity index (χ1v) is 9.19. The van der Waals surface area contributed by atoms with Gasteiger partial charge in [0, 0.05) is 23.5 Å². The van der Waals surface area contributed by atoms with Crippen molar-refractivity contribution < 1.29 is 14.7 Å². The molecule has 2 aliphatic carbocycles. The van der Waals surface area contributed by atoms with Gasteiger partial charge in [-0.2, -0.15) is 0 Å². The molecular formula is C16H24N4O3S. The minimum Gasteiger partial charge on any atom is -0.480 e. The number of nitrogens with zero attached hydrogens (tertiary/aromatic N) is 2. The highest BCUT2D eigenvalue weighted by Gasteiger charge is 2.37. The Hall–Kier alpha value is -1.67. The molecule has 0 radical (unpaired) electrons. The van der Waals surface area contributed by atoms with Crippen molar-refractivity contribution >= 4 is 28.5 Å². The summed E-state index contributed by atoms with van der Waals surface area (Å²) in [6, 6.07) is 0.128. The summed E-state index contributed by atoms with van der Waals surface area (Å²) in [5, 5.41) is 15.4. The molecule has 132 valence electrons. The number of carbonyl (C=O) groups is 2. The Morgan fingerprint density at radius 2 is 2.04 bits per heavy atom. The number of aromatic nitrogens is 1. The molecule has 0 aromatic carbocycles. The van der Waals surface area contributed by atoms with Crippen molar-refractivity contribution in [2.24, 2.45) is 5.92 Å². The van der Waals surface area contributed by atoms with E-state index in [1.165, 1.54) is 24.2 Å². The number of rotatable bonds is 7. The lowest BCUT2D eigenvalue weighted by Crippen LogP contribution is -2.55. The van der Waals surface area contributed by atoms with E-state index in [1.54, 1.807) is 0 Å². The van der Waals surface area contributed by atoms with Gasteiger partial charge < -0.3 is 10.4 Å². The molecule has 2 amide bonds. The number of nitrogens with one attached hydrogen (secondary N) is 2. The second-order valence-electron chi connectivity index (χ2n) is 6.85. The first-order chi connectivity index (χ1) is 11.4. The number of amides is 2. The van der Waals surface area contributed by atoms with Crippen molar-refractivity contribution in [3.05, 3.63) is 10.6 Å². The quantitative estimate of drug-likeness (QED) is 0.699. The second-order valence-corrected chi connectivity index (χ2v) is 8.05. The van der Waals surface area contributed by atoms with E-state index >= 15 is 0 Å². The fourth-order valence-corrected chi connectivity index (χ4v) is 3.81. The number of urea groups is 1. The molecule has 24 heavy (non-hydrogen) atoms. The van der Waals surface area contributed by atoms with Crippen LogP contribution in [0.4, 0.5) is 9.93 Å². The Balaban J connectivity index is 1.43. The Labute approximate surface area is 145 Å². The number of hydrogen-bond donors (Lipinski definition) is 3. The monoisotopic (exact) mass is 352 g/mol. The zero-order valence-electron chi connectivity index (χ0n) is 14.0. The average Bonchev–Trinajstić information content (AvgIpc) is 3.19. The van der Waals surface area contributed by atoms with Crippen LogP contribution >= 0.6 is 11.3 Å². The number of hydrogen-bond acceptors (Lipinski definition) is 5. The van der Waals surface area contributed by atoms with E-state index in [0.717, 1.165) is 30.0 Å². The summed E-state index contributed by atoms with van der Waals surface area (Å²) >= 11 is 1.46. The third-order valence-corrected chi connectivity index (χ3v) is 5.73. The predicted molar refractivity (Wildman–Crippen MR) is 92.5 cm³/mol. The maximum Gasteiger partial charge on any atom is 0.321 e. The molecule has 0 saturated heterocycles. The maximum absolute atomic E-state index is 12.0. The van der Waals surface area contributed by atoms with Gasteiger partial charge in [0.05, 0.1) is 12.2 Å². The van der Waals surface area contributed by atoms with Crippen molar-refractivity contribution in [3.63, 3.8) is 0 Å². The zero-order chi connectivity index (χ0) is 17.3. The lowest BCUT2D eigenvalue weighted by Gasteiger charge is -2.42. The van der Waals surface area contributed by atoms with Crippen LogP contribution in [0.25, 0.3) is 0 Å². The molecule has 1 aromatic heterocycles. The molecule has 0 spiro atoms. The van der Waals surface area contributed by atoms with Gasteiger partial charge >= 0.3 is 12.0 Å². The van der Waals surface area contributed by atoms with Gasteiger partial charge in [-0.15, -0.1) is 11.3 Å². The molecule has 0 aliphatic heterocycles. The molecule has 3 rings (SSSR count). The summed E-state index contributed by atoms with van der Waals surface area (Å²) in [5.74, 6) is -0.115. The van der Waals surface area contributed by atoms with Crippen molar-refractivity contribution in [1.29, 1.82) is 0 Å². The van der Waals surface area contributed by atoms with E-state index in [1.807, 2.05) is 13.8 Å². The Morgan fingerprint density at radius 3 is 2.58 bits per heavy atom. The first kappa shape index (κ1) is 17.2. The van der Waals surface area contributed by atoms with Crippen molar-refractivity contribution in [2.75, 3.05) is 18.4 Å². The van der Waals surface area contributed by atoms with Crippen LogP contribution in [0.3, 0.4) is 0 Å². The van der Waals surface area contributed by atoms with Gasteiger partial charge in [0.1, 0.15) is 0 Å². The molecule has 1 heterocycles. The van der Waals surface area contributed by atoms with E-state index < -0.39 is 5.97 Å². The van der Waals surface area contributed by atoms with E-state index in [2.05, 4.69) is 20.5 Å². The smallest absolute Gasteiger partial charge is 0.321 e. The molecule has 0 bridgehead atoms. The molecule has 2 aliphatic rings. The summed E-state index contributed by atoms with van der Waals surface area (Å²) in [6.07, 6.45) is 4.03. The van der Waals surface area contributed by atoms with Gasteiger partial charge in [-0.05, 0) is 45.4 Å². The Morgan fingerprint density at radius 1 is 1.33 bits per heavy atom. The number of carboxylic acids is 1. The van der Waals surface area contributed by atoms with Crippen LogP contribution in [0.5, 0.6) is 0 Å². The fraction of sp³-hybridized carbons (Fsp3) is 0.688. The number of aryl methyl sites for hydroxylation is 2. The molecule has 0 atom stereocenters. The standard InChI is InChI=1S/C16H24N4O3S/c1-9-10(2)24-16(17-9)19-15(23)18-12-5-13(6-12)20(8-14(21)22)7-11-3-4-11/h11-13H,3-8H2,1-2H3,(H,21,22)(H2,17,18,19,23). The topological polar surface area (TPSA) is 94.6 Å². The highest BCUT2D eigenvalue weighted by atomic mass is 32.1. The molecule has 2 saturated carbocycles. The van der Waals surface area contributed by atoms with Crippen LogP contribution in [-0.4, -0.2) is 52.2 Å². The molecule has 2 fully saturated rings. The molecule has 3 N–H and O–H groups in total. The summed E-state index contributed by atoms with van der Waals surface area (Å²) in [4.78, 5) is 30.5. The van der Waals surface area contributed by atoms with Gasteiger partial charge in [0.25, 0.3) is 0 Å². The van der Waals surface area contributed by atoms with Crippen molar-refractivity contribution in [2.45, 2.75) is 51.6 Å². The van der Waals surface area contributed by atoms with Crippen LogP contribution in [0.15, 0.2) is 0 Å². The average molecular weight is 352 g/mol. The van der Waals surface area contributed by atoms with Gasteiger partial charge in [-0.3, -0.25) is 15.0 Å². The minimum atomic E-state index is -0.778. The van der Waals surface area contributed by atoms with Gasteiger partial charge in [0.2, 0.25) is 0 Å². The van der Waals surface area contributed by atoms with Crippen LogP contribution in [0.2, 0.25) is 0 Å². The molecule has 1 aromatic rings. The largest absolute Gasteiger partial charge is 0.480 e. The van der Waals surface area contributed by atoms with E-state index in [4.69, 9.17) is 5.11 Å². The van der Waals surface area contributed by atoms with Gasteiger partial charge in [-0.25, -0.2) is 9.78 Å². The highest BCUT2D eigenvalue weighted by Crippen LogP contribution is 2.33. The lowest BCUT2D eigenvalue weighted by atomic mass is 9.85. The molecular weight excluding hydrogens is 328 g/mol. The number of aliphatic carboxylic acids is 1. The SMILES string of the molecule is Cc1nc(NC(=O)NC2CC(N(CC(=O)O)CC3CC3)C2)sc1C. The van der Waals surface area contributed by atoms with E-state index in [9.17, 15) is 9.59 Å². The summed E-state index contributed by atoms with van der Waals surface area (Å²) in [7, 11) is 0. The second kappa shape index (κ2) is 7.06. The normalized spacial score (nSPS) is 23.0. The zero-order valence-corrected chi connectivity index (χ0v) is 14.9. The highest BCUT2D eigenvalue weighted by molar-refractivity contribution is 7.15. The number of carbonyl (C=O) groups excluding carboxylic acids is 1. The van der Waals surface area contributed by atoms with Gasteiger partial charge in [-0.1, -0.05) is 0 Å². The Bertz CT molecular complexity index is 603. The summed E-state index contributed by atoms with van der Waals surface area (Å²) in [5.41, 5.74) is 0.934. The summed E-state index contributed by atoms with van der Waals surface area (Å²) < 4.78 is 0. The summed E-state index contributed by atoms with van der Waals surface area (Å²) in [6.45, 7) is 4.86. The maximum atomic E-state index is 12.0. The van der Waals surface area contributed by atoms with Crippen LogP contribution in [0, 0.1) is 19.8 Å². The molecule has 8 heteroatoms. The lowest BCUT2D eigenvalue weighted by molar-refractivity contribution is -0.139. The molecule has 0 unspecified atom stereocenters. The van der Waals surface area contributed by atoms with Crippen molar-refractivity contribution in [3.8, 4) is 0 Å². The minimum absolute atomic E-state index is 0.0950. The third-order valence-electron chi connectivity index (χ3n) is 4.74. The Kier molecular flexibility index (Phi) is 5.05. The van der Waals surface area contributed by atoms with Gasteiger partial charge in [0.15, 0.2) is 5.13 Å². The predicted octanol–water partition coefficient (Wildman–Crippen LogP) is 2.21. The number of anilines is 1. The number of carboxylic acid groups (broad SMARTS) is 1. The molecule has 7 nitrogen and oxygen atoms in total. The van der Waals surface area contributed by atoms with E-state index in [-0.39, 0.29) is 24.7 Å².